The molecule has 3 atom stereocenters. The van der Waals surface area contributed by atoms with Gasteiger partial charge < -0.3 is 17.2 Å². The summed E-state index contributed by atoms with van der Waals surface area (Å²) in [6.45, 7) is 0.782. The smallest absolute Gasteiger partial charge is 0.218 e. The molecule has 0 aromatic carbocycles. The van der Waals surface area contributed by atoms with Gasteiger partial charge in [-0.2, -0.15) is 4.99 Å². The Kier molecular flexibility index (Phi) is 2.79. The van der Waals surface area contributed by atoms with Crippen LogP contribution in [0.3, 0.4) is 0 Å². The molecule has 15 heavy (non-hydrogen) atoms. The first-order chi connectivity index (χ1) is 7.15. The first-order valence-corrected chi connectivity index (χ1v) is 5.54. The molecule has 0 spiro atoms. The lowest BCUT2D eigenvalue weighted by Gasteiger charge is -2.19. The van der Waals surface area contributed by atoms with E-state index < -0.39 is 0 Å². The largest absolute Gasteiger partial charge is 0.370 e. The van der Waals surface area contributed by atoms with Gasteiger partial charge in [-0.05, 0) is 37.0 Å². The fourth-order valence-electron chi connectivity index (χ4n) is 2.98. The van der Waals surface area contributed by atoms with Crippen LogP contribution in [0.4, 0.5) is 0 Å². The van der Waals surface area contributed by atoms with Crippen LogP contribution in [0.2, 0.25) is 0 Å². The van der Waals surface area contributed by atoms with E-state index in [0.29, 0.717) is 5.92 Å². The molecule has 5 nitrogen and oxygen atoms in total. The number of hydrogen-bond donors (Lipinski definition) is 3. The van der Waals surface area contributed by atoms with Crippen molar-refractivity contribution >= 4 is 11.9 Å². The molecule has 5 heteroatoms. The number of nitrogens with zero attached hydrogens (tertiary/aromatic N) is 2. The van der Waals surface area contributed by atoms with Crippen LogP contribution in [0.1, 0.15) is 25.7 Å². The number of guanidine groups is 2. The summed E-state index contributed by atoms with van der Waals surface area (Å²) in [5.74, 6) is 2.70. The van der Waals surface area contributed by atoms with Gasteiger partial charge in [-0.1, -0.05) is 6.42 Å². The standard InChI is InChI=1S/C10H19N5/c11-9(12)15-10(13)14-5-8-4-6-1-2-7(8)3-6/h6-8H,1-5H2,(H6,11,12,13,14,15). The van der Waals surface area contributed by atoms with E-state index in [1.54, 1.807) is 0 Å². The van der Waals surface area contributed by atoms with Crippen molar-refractivity contribution in [2.24, 2.45) is 44.9 Å². The van der Waals surface area contributed by atoms with E-state index in [0.717, 1.165) is 18.4 Å². The van der Waals surface area contributed by atoms with Crippen LogP contribution in [0.15, 0.2) is 9.98 Å². The van der Waals surface area contributed by atoms with Crippen molar-refractivity contribution in [2.45, 2.75) is 25.7 Å². The minimum atomic E-state index is -0.0239. The molecule has 0 aliphatic heterocycles. The lowest BCUT2D eigenvalue weighted by Crippen LogP contribution is -2.27. The van der Waals surface area contributed by atoms with E-state index in [2.05, 4.69) is 9.98 Å². The van der Waals surface area contributed by atoms with Crippen LogP contribution in [-0.2, 0) is 0 Å². The second-order valence-electron chi connectivity index (χ2n) is 4.67. The molecule has 84 valence electrons. The van der Waals surface area contributed by atoms with Crippen molar-refractivity contribution in [3.05, 3.63) is 0 Å². The lowest BCUT2D eigenvalue weighted by molar-refractivity contribution is 0.342. The van der Waals surface area contributed by atoms with Crippen molar-refractivity contribution in [1.82, 2.24) is 0 Å². The Morgan fingerprint density at radius 3 is 2.47 bits per heavy atom. The summed E-state index contributed by atoms with van der Waals surface area (Å²) in [6, 6.07) is 0. The monoisotopic (exact) mass is 209 g/mol. The molecule has 0 heterocycles. The molecule has 0 saturated heterocycles. The Bertz CT molecular complexity index is 292. The molecule has 2 rings (SSSR count). The molecule has 6 N–H and O–H groups in total. The summed E-state index contributed by atoms with van der Waals surface area (Å²) in [5, 5.41) is 0. The normalized spacial score (nSPS) is 34.4. The van der Waals surface area contributed by atoms with Gasteiger partial charge in [0.05, 0.1) is 0 Å². The maximum Gasteiger partial charge on any atom is 0.218 e. The summed E-state index contributed by atoms with van der Waals surface area (Å²) < 4.78 is 0. The van der Waals surface area contributed by atoms with E-state index in [1.165, 1.54) is 25.7 Å². The highest BCUT2D eigenvalue weighted by Crippen LogP contribution is 2.48. The third-order valence-corrected chi connectivity index (χ3v) is 3.62. The number of nitrogens with two attached hydrogens (primary N) is 3. The number of hydrogen-bond acceptors (Lipinski definition) is 1. The Balaban J connectivity index is 1.85. The first kappa shape index (κ1) is 10.3. The van der Waals surface area contributed by atoms with Crippen LogP contribution in [0.5, 0.6) is 0 Å². The molecular weight excluding hydrogens is 190 g/mol. The molecule has 0 radical (unpaired) electrons. The Morgan fingerprint density at radius 2 is 1.93 bits per heavy atom. The Labute approximate surface area is 89.8 Å². The van der Waals surface area contributed by atoms with Gasteiger partial charge in [0.25, 0.3) is 0 Å². The zero-order valence-corrected chi connectivity index (χ0v) is 8.89. The van der Waals surface area contributed by atoms with E-state index in [-0.39, 0.29) is 11.9 Å². The summed E-state index contributed by atoms with van der Waals surface area (Å²) in [6.07, 6.45) is 5.48. The van der Waals surface area contributed by atoms with Crippen molar-refractivity contribution in [2.75, 3.05) is 6.54 Å². The molecular formula is C10H19N5. The molecule has 2 saturated carbocycles. The van der Waals surface area contributed by atoms with Gasteiger partial charge in [0.2, 0.25) is 5.96 Å². The molecule has 2 aliphatic carbocycles. The highest BCUT2D eigenvalue weighted by atomic mass is 15.1. The zero-order valence-electron chi connectivity index (χ0n) is 8.89. The van der Waals surface area contributed by atoms with Gasteiger partial charge in [-0.15, -0.1) is 0 Å². The molecule has 2 fully saturated rings. The second kappa shape index (κ2) is 4.08. The average molecular weight is 209 g/mol. The highest BCUT2D eigenvalue weighted by molar-refractivity contribution is 5.92. The molecule has 0 aromatic rings. The first-order valence-electron chi connectivity index (χ1n) is 5.54. The molecule has 3 unspecified atom stereocenters. The summed E-state index contributed by atoms with van der Waals surface area (Å²) in [4.78, 5) is 7.91. The van der Waals surface area contributed by atoms with E-state index in [1.807, 2.05) is 0 Å². The number of fused-ring (bicyclic) bond motifs is 2. The van der Waals surface area contributed by atoms with Crippen LogP contribution >= 0.6 is 0 Å². The van der Waals surface area contributed by atoms with E-state index in [4.69, 9.17) is 17.2 Å². The minimum absolute atomic E-state index is 0.0239. The fraction of sp³-hybridized carbons (Fsp3) is 0.800. The summed E-state index contributed by atoms with van der Waals surface area (Å²) >= 11 is 0. The van der Waals surface area contributed by atoms with Crippen LogP contribution in [-0.4, -0.2) is 18.5 Å². The van der Waals surface area contributed by atoms with Crippen LogP contribution in [0.25, 0.3) is 0 Å². The predicted octanol–water partition coefficient (Wildman–Crippen LogP) is 0.0107. The molecule has 2 aliphatic rings. The van der Waals surface area contributed by atoms with Crippen molar-refractivity contribution in [3.63, 3.8) is 0 Å². The van der Waals surface area contributed by atoms with E-state index in [9.17, 15) is 0 Å². The zero-order chi connectivity index (χ0) is 10.8. The Hall–Kier alpha value is -1.26. The molecule has 2 bridgehead atoms. The van der Waals surface area contributed by atoms with Crippen LogP contribution < -0.4 is 17.2 Å². The average Bonchev–Trinajstić information content (AvgIpc) is 2.74. The van der Waals surface area contributed by atoms with Crippen molar-refractivity contribution in [3.8, 4) is 0 Å². The topological polar surface area (TPSA) is 103 Å². The van der Waals surface area contributed by atoms with Gasteiger partial charge in [-0.25, -0.2) is 0 Å². The van der Waals surface area contributed by atoms with Crippen molar-refractivity contribution in [1.29, 1.82) is 0 Å². The maximum absolute atomic E-state index is 5.55. The fourth-order valence-corrected chi connectivity index (χ4v) is 2.98. The van der Waals surface area contributed by atoms with Crippen molar-refractivity contribution < 1.29 is 0 Å². The van der Waals surface area contributed by atoms with Gasteiger partial charge in [0.1, 0.15) is 0 Å². The maximum atomic E-state index is 5.55. The van der Waals surface area contributed by atoms with Gasteiger partial charge in [0, 0.05) is 6.54 Å². The summed E-state index contributed by atoms with van der Waals surface area (Å²) in [5.41, 5.74) is 16.0. The quantitative estimate of drug-likeness (QED) is 0.441. The molecule has 0 aromatic heterocycles. The SMILES string of the molecule is NC(N)=NC(N)=NCC1CC2CCC1C2. The lowest BCUT2D eigenvalue weighted by atomic mass is 9.89. The number of aliphatic imine (C=N–C) groups is 2. The third-order valence-electron chi connectivity index (χ3n) is 3.62. The number of rotatable bonds is 2. The van der Waals surface area contributed by atoms with E-state index >= 15 is 0 Å². The minimum Gasteiger partial charge on any atom is -0.370 e. The third kappa shape index (κ3) is 2.40. The van der Waals surface area contributed by atoms with Gasteiger partial charge >= 0.3 is 0 Å². The van der Waals surface area contributed by atoms with Gasteiger partial charge in [-0.3, -0.25) is 4.99 Å². The highest BCUT2D eigenvalue weighted by Gasteiger charge is 2.38. The predicted molar refractivity (Wildman–Crippen MR) is 61.2 cm³/mol. The Morgan fingerprint density at radius 1 is 1.13 bits per heavy atom. The molecule has 0 amide bonds. The van der Waals surface area contributed by atoms with Gasteiger partial charge in [0.15, 0.2) is 5.96 Å². The summed E-state index contributed by atoms with van der Waals surface area (Å²) in [7, 11) is 0. The second-order valence-corrected chi connectivity index (χ2v) is 4.67. The van der Waals surface area contributed by atoms with Crippen LogP contribution in [0, 0.1) is 17.8 Å².